The number of benzene rings is 1. The van der Waals surface area contributed by atoms with Crippen molar-refractivity contribution in [2.45, 2.75) is 6.92 Å². The van der Waals surface area contributed by atoms with Gasteiger partial charge in [0.05, 0.1) is 20.8 Å². The molecule has 0 bridgehead atoms. The number of rotatable bonds is 4. The predicted octanol–water partition coefficient (Wildman–Crippen LogP) is 2.69. The van der Waals surface area contributed by atoms with Crippen molar-refractivity contribution in [1.29, 1.82) is 0 Å². The van der Waals surface area contributed by atoms with E-state index in [2.05, 4.69) is 22.1 Å². The molecule has 1 aromatic carbocycles. The summed E-state index contributed by atoms with van der Waals surface area (Å²) in [5.74, 6) is 7.99. The first-order chi connectivity index (χ1) is 9.30. The molecule has 2 aromatic rings. The topological polar surface area (TPSA) is 43.4 Å². The molecular formula is C15H16N2O2. The molecule has 1 N–H and O–H groups in total. The van der Waals surface area contributed by atoms with E-state index < -0.39 is 0 Å². The summed E-state index contributed by atoms with van der Waals surface area (Å²) >= 11 is 0. The Balaban J connectivity index is 2.49. The smallest absolute Gasteiger partial charge is 0.161 e. The summed E-state index contributed by atoms with van der Waals surface area (Å²) < 4.78 is 10.6. The van der Waals surface area contributed by atoms with E-state index in [1.54, 1.807) is 20.4 Å². The summed E-state index contributed by atoms with van der Waals surface area (Å²) in [6.07, 6.45) is 1.76. The lowest BCUT2D eigenvalue weighted by Gasteiger charge is -2.11. The normalized spacial score (nSPS) is 9.63. The van der Waals surface area contributed by atoms with E-state index in [9.17, 15) is 0 Å². The second-order valence-electron chi connectivity index (χ2n) is 3.87. The number of ether oxygens (including phenoxy) is 2. The largest absolute Gasteiger partial charge is 0.493 e. The third-order valence-corrected chi connectivity index (χ3v) is 2.79. The minimum atomic E-state index is 0.566. The van der Waals surface area contributed by atoms with Gasteiger partial charge in [-0.3, -0.25) is 0 Å². The van der Waals surface area contributed by atoms with E-state index in [1.165, 1.54) is 0 Å². The quantitative estimate of drug-likeness (QED) is 0.854. The molecule has 98 valence electrons. The molecule has 0 saturated carbocycles. The molecular weight excluding hydrogens is 240 g/mol. The van der Waals surface area contributed by atoms with Gasteiger partial charge in [-0.25, -0.2) is 4.98 Å². The van der Waals surface area contributed by atoms with Crippen molar-refractivity contribution >= 4 is 16.6 Å². The van der Waals surface area contributed by atoms with Crippen LogP contribution >= 0.6 is 0 Å². The summed E-state index contributed by atoms with van der Waals surface area (Å²) in [5, 5.41) is 5.22. The average molecular weight is 256 g/mol. The van der Waals surface area contributed by atoms with Gasteiger partial charge in [0.15, 0.2) is 11.5 Å². The van der Waals surface area contributed by atoms with Crippen LogP contribution in [0.3, 0.4) is 0 Å². The molecule has 0 aliphatic heterocycles. The number of hydrogen-bond acceptors (Lipinski definition) is 4. The third kappa shape index (κ3) is 2.71. The van der Waals surface area contributed by atoms with Crippen molar-refractivity contribution in [2.75, 3.05) is 26.1 Å². The van der Waals surface area contributed by atoms with Crippen LogP contribution in [0.5, 0.6) is 11.5 Å². The molecule has 0 amide bonds. The Kier molecular flexibility index (Phi) is 4.09. The molecule has 1 aromatic heterocycles. The fourth-order valence-electron chi connectivity index (χ4n) is 1.86. The fraction of sp³-hybridized carbons (Fsp3) is 0.267. The minimum absolute atomic E-state index is 0.566. The Morgan fingerprint density at radius 1 is 1.21 bits per heavy atom. The van der Waals surface area contributed by atoms with Gasteiger partial charge in [0.1, 0.15) is 5.82 Å². The van der Waals surface area contributed by atoms with Crippen LogP contribution in [-0.2, 0) is 0 Å². The van der Waals surface area contributed by atoms with Crippen LogP contribution in [0.1, 0.15) is 6.92 Å². The van der Waals surface area contributed by atoms with Gasteiger partial charge in [0, 0.05) is 11.6 Å². The van der Waals surface area contributed by atoms with Gasteiger partial charge >= 0.3 is 0 Å². The highest BCUT2D eigenvalue weighted by molar-refractivity contribution is 5.94. The van der Waals surface area contributed by atoms with Crippen molar-refractivity contribution in [3.8, 4) is 23.3 Å². The minimum Gasteiger partial charge on any atom is -0.493 e. The maximum absolute atomic E-state index is 5.32. The number of nitrogens with one attached hydrogen (secondary N) is 1. The van der Waals surface area contributed by atoms with Crippen molar-refractivity contribution in [3.05, 3.63) is 24.4 Å². The first-order valence-corrected chi connectivity index (χ1v) is 5.94. The molecule has 0 aliphatic rings. The molecule has 0 radical (unpaired) electrons. The van der Waals surface area contributed by atoms with E-state index >= 15 is 0 Å². The number of hydrogen-bond donors (Lipinski definition) is 1. The Hall–Kier alpha value is -2.41. The number of aromatic nitrogens is 1. The predicted molar refractivity (Wildman–Crippen MR) is 76.8 cm³/mol. The lowest BCUT2D eigenvalue weighted by molar-refractivity contribution is 0.356. The van der Waals surface area contributed by atoms with Crippen molar-refractivity contribution < 1.29 is 9.47 Å². The first kappa shape index (κ1) is 13.0. The Labute approximate surface area is 112 Å². The molecule has 19 heavy (non-hydrogen) atoms. The fourth-order valence-corrected chi connectivity index (χ4v) is 1.86. The molecule has 0 aliphatic carbocycles. The monoisotopic (exact) mass is 256 g/mol. The van der Waals surface area contributed by atoms with Gasteiger partial charge in [0.2, 0.25) is 0 Å². The molecule has 0 spiro atoms. The van der Waals surface area contributed by atoms with Crippen LogP contribution in [0.4, 0.5) is 5.82 Å². The van der Waals surface area contributed by atoms with E-state index in [0.29, 0.717) is 18.0 Å². The maximum atomic E-state index is 5.32. The Morgan fingerprint density at radius 3 is 2.63 bits per heavy atom. The molecule has 2 rings (SSSR count). The third-order valence-electron chi connectivity index (χ3n) is 2.79. The van der Waals surface area contributed by atoms with Gasteiger partial charge in [0.25, 0.3) is 0 Å². The molecule has 4 heteroatoms. The molecule has 0 fully saturated rings. The van der Waals surface area contributed by atoms with Gasteiger partial charge < -0.3 is 14.8 Å². The maximum Gasteiger partial charge on any atom is 0.161 e. The SMILES string of the molecule is CC#CCNc1nccc2cc(OC)c(OC)cc12. The molecule has 0 atom stereocenters. The number of pyridine rings is 1. The average Bonchev–Trinajstić information content (AvgIpc) is 2.46. The first-order valence-electron chi connectivity index (χ1n) is 5.94. The number of nitrogens with zero attached hydrogens (tertiary/aromatic N) is 1. The Morgan fingerprint density at radius 2 is 1.95 bits per heavy atom. The second-order valence-corrected chi connectivity index (χ2v) is 3.87. The van der Waals surface area contributed by atoms with Crippen molar-refractivity contribution in [3.63, 3.8) is 0 Å². The summed E-state index contributed by atoms with van der Waals surface area (Å²) in [4.78, 5) is 4.33. The van der Waals surface area contributed by atoms with Crippen LogP contribution < -0.4 is 14.8 Å². The Bertz CT molecular complexity index is 642. The standard InChI is InChI=1S/C15H16N2O2/c1-4-5-7-16-15-12-10-14(19-3)13(18-2)9-11(12)6-8-17-15/h6,8-10H,7H2,1-3H3,(H,16,17). The zero-order valence-electron chi connectivity index (χ0n) is 11.3. The highest BCUT2D eigenvalue weighted by Crippen LogP contribution is 2.34. The van der Waals surface area contributed by atoms with Crippen LogP contribution in [-0.4, -0.2) is 25.7 Å². The number of methoxy groups -OCH3 is 2. The van der Waals surface area contributed by atoms with Gasteiger partial charge in [-0.05, 0) is 30.5 Å². The zero-order chi connectivity index (χ0) is 13.7. The van der Waals surface area contributed by atoms with Gasteiger partial charge in [-0.2, -0.15) is 0 Å². The van der Waals surface area contributed by atoms with Crippen LogP contribution in [0.25, 0.3) is 10.8 Å². The molecule has 1 heterocycles. The second kappa shape index (κ2) is 5.96. The lowest BCUT2D eigenvalue weighted by atomic mass is 10.1. The number of fused-ring (bicyclic) bond motifs is 1. The van der Waals surface area contributed by atoms with E-state index in [1.807, 2.05) is 25.1 Å². The van der Waals surface area contributed by atoms with Crippen molar-refractivity contribution in [1.82, 2.24) is 4.98 Å². The van der Waals surface area contributed by atoms with Crippen LogP contribution in [0, 0.1) is 11.8 Å². The number of anilines is 1. The molecule has 0 unspecified atom stereocenters. The lowest BCUT2D eigenvalue weighted by Crippen LogP contribution is -2.01. The summed E-state index contributed by atoms with van der Waals surface area (Å²) in [6, 6.07) is 5.80. The summed E-state index contributed by atoms with van der Waals surface area (Å²) in [7, 11) is 3.25. The molecule has 0 saturated heterocycles. The van der Waals surface area contributed by atoms with E-state index in [0.717, 1.165) is 16.6 Å². The highest BCUT2D eigenvalue weighted by atomic mass is 16.5. The van der Waals surface area contributed by atoms with Gasteiger partial charge in [-0.15, -0.1) is 5.92 Å². The van der Waals surface area contributed by atoms with Crippen LogP contribution in [0.2, 0.25) is 0 Å². The van der Waals surface area contributed by atoms with Crippen LogP contribution in [0.15, 0.2) is 24.4 Å². The van der Waals surface area contributed by atoms with Crippen molar-refractivity contribution in [2.24, 2.45) is 0 Å². The highest BCUT2D eigenvalue weighted by Gasteiger charge is 2.09. The zero-order valence-corrected chi connectivity index (χ0v) is 11.3. The molecule has 4 nitrogen and oxygen atoms in total. The van der Waals surface area contributed by atoms with E-state index in [-0.39, 0.29) is 0 Å². The summed E-state index contributed by atoms with van der Waals surface area (Å²) in [5.41, 5.74) is 0. The summed E-state index contributed by atoms with van der Waals surface area (Å²) in [6.45, 7) is 2.38. The van der Waals surface area contributed by atoms with Gasteiger partial charge in [-0.1, -0.05) is 5.92 Å². The van der Waals surface area contributed by atoms with E-state index in [4.69, 9.17) is 9.47 Å².